The SMILES string of the molecule is COc1cccc(C(=O)Nc2ccc(-n3nc(OCC(C)C)nc3-c3ccc(F)cc3)cc2)c1. The normalized spacial score (nSPS) is 10.9. The van der Waals surface area contributed by atoms with E-state index in [9.17, 15) is 9.18 Å². The summed E-state index contributed by atoms with van der Waals surface area (Å²) in [5.74, 6) is 0.865. The largest absolute Gasteiger partial charge is 0.497 e. The minimum absolute atomic E-state index is 0.239. The van der Waals surface area contributed by atoms with E-state index in [2.05, 4.69) is 15.4 Å². The van der Waals surface area contributed by atoms with Crippen molar-refractivity contribution in [3.63, 3.8) is 0 Å². The van der Waals surface area contributed by atoms with Crippen LogP contribution in [0.2, 0.25) is 0 Å². The molecule has 4 aromatic rings. The van der Waals surface area contributed by atoms with Crippen molar-refractivity contribution in [2.75, 3.05) is 19.0 Å². The zero-order valence-electron chi connectivity index (χ0n) is 19.2. The second-order valence-corrected chi connectivity index (χ2v) is 8.07. The van der Waals surface area contributed by atoms with Crippen LogP contribution in [-0.2, 0) is 0 Å². The van der Waals surface area contributed by atoms with Crippen LogP contribution in [0.25, 0.3) is 17.1 Å². The topological polar surface area (TPSA) is 78.3 Å². The van der Waals surface area contributed by atoms with Crippen LogP contribution < -0.4 is 14.8 Å². The fraction of sp³-hybridized carbons (Fsp3) is 0.192. The molecule has 0 saturated carbocycles. The monoisotopic (exact) mass is 460 g/mol. The predicted octanol–water partition coefficient (Wildman–Crippen LogP) is 5.37. The highest BCUT2D eigenvalue weighted by Crippen LogP contribution is 2.25. The first kappa shape index (κ1) is 23.0. The third-order valence-electron chi connectivity index (χ3n) is 4.94. The van der Waals surface area contributed by atoms with E-state index in [1.807, 2.05) is 26.0 Å². The van der Waals surface area contributed by atoms with Crippen molar-refractivity contribution in [2.45, 2.75) is 13.8 Å². The van der Waals surface area contributed by atoms with Gasteiger partial charge in [0.05, 0.1) is 19.4 Å². The zero-order chi connectivity index (χ0) is 24.1. The molecule has 174 valence electrons. The molecular formula is C26H25FN4O3. The van der Waals surface area contributed by atoms with E-state index in [1.165, 1.54) is 12.1 Å². The van der Waals surface area contributed by atoms with Gasteiger partial charge in [0.2, 0.25) is 0 Å². The molecule has 0 saturated heterocycles. The van der Waals surface area contributed by atoms with Crippen LogP contribution >= 0.6 is 0 Å². The standard InChI is InChI=1S/C26H25FN4O3/c1-17(2)16-34-26-29-24(18-7-9-20(27)10-8-18)31(30-26)22-13-11-21(12-14-22)28-25(32)19-5-4-6-23(15-19)33-3/h4-15,17H,16H2,1-3H3,(H,28,32). The Morgan fingerprint density at radius 3 is 2.47 bits per heavy atom. The van der Waals surface area contributed by atoms with E-state index in [-0.39, 0.29) is 17.7 Å². The number of aromatic nitrogens is 3. The molecule has 0 fully saturated rings. The zero-order valence-corrected chi connectivity index (χ0v) is 19.2. The van der Waals surface area contributed by atoms with Crippen LogP contribution in [0.4, 0.5) is 10.1 Å². The van der Waals surface area contributed by atoms with Gasteiger partial charge in [-0.2, -0.15) is 4.98 Å². The summed E-state index contributed by atoms with van der Waals surface area (Å²) in [6.07, 6.45) is 0. The van der Waals surface area contributed by atoms with Crippen molar-refractivity contribution in [1.82, 2.24) is 14.8 Å². The van der Waals surface area contributed by atoms with Crippen molar-refractivity contribution in [3.8, 4) is 28.8 Å². The first-order chi connectivity index (χ1) is 16.4. The van der Waals surface area contributed by atoms with Crippen LogP contribution in [0.1, 0.15) is 24.2 Å². The molecule has 0 aliphatic carbocycles. The summed E-state index contributed by atoms with van der Waals surface area (Å²) in [6, 6.07) is 20.4. The lowest BCUT2D eigenvalue weighted by Gasteiger charge is -2.09. The number of nitrogens with zero attached hydrogens (tertiary/aromatic N) is 3. The fourth-order valence-electron chi connectivity index (χ4n) is 3.21. The number of ether oxygens (including phenoxy) is 2. The summed E-state index contributed by atoms with van der Waals surface area (Å²) in [6.45, 7) is 4.55. The number of methoxy groups -OCH3 is 1. The van der Waals surface area contributed by atoms with E-state index < -0.39 is 0 Å². The Balaban J connectivity index is 1.59. The molecule has 0 bridgehead atoms. The van der Waals surface area contributed by atoms with Crippen molar-refractivity contribution in [3.05, 3.63) is 84.2 Å². The molecule has 0 unspecified atom stereocenters. The number of nitrogens with one attached hydrogen (secondary N) is 1. The van der Waals surface area contributed by atoms with E-state index in [1.54, 1.807) is 60.3 Å². The smallest absolute Gasteiger partial charge is 0.336 e. The Morgan fingerprint density at radius 2 is 1.79 bits per heavy atom. The van der Waals surface area contributed by atoms with Gasteiger partial charge in [-0.05, 0) is 72.6 Å². The summed E-state index contributed by atoms with van der Waals surface area (Å²) >= 11 is 0. The Labute approximate surface area is 197 Å². The number of carbonyl (C=O) groups is 1. The van der Waals surface area contributed by atoms with Gasteiger partial charge in [0.15, 0.2) is 5.82 Å². The number of rotatable bonds is 8. The minimum atomic E-state index is -0.331. The summed E-state index contributed by atoms with van der Waals surface area (Å²) < 4.78 is 26.0. The van der Waals surface area contributed by atoms with E-state index >= 15 is 0 Å². The summed E-state index contributed by atoms with van der Waals surface area (Å²) in [7, 11) is 1.55. The number of anilines is 1. The Hall–Kier alpha value is -4.20. The maximum absolute atomic E-state index is 13.4. The van der Waals surface area contributed by atoms with Gasteiger partial charge in [-0.1, -0.05) is 19.9 Å². The molecule has 1 heterocycles. The van der Waals surface area contributed by atoms with E-state index in [0.29, 0.717) is 46.6 Å². The van der Waals surface area contributed by atoms with Gasteiger partial charge in [-0.25, -0.2) is 9.07 Å². The second kappa shape index (κ2) is 10.2. The highest BCUT2D eigenvalue weighted by Gasteiger charge is 2.16. The first-order valence-corrected chi connectivity index (χ1v) is 10.8. The molecule has 34 heavy (non-hydrogen) atoms. The molecule has 1 aromatic heterocycles. The summed E-state index contributed by atoms with van der Waals surface area (Å²) in [4.78, 5) is 17.1. The Bertz CT molecular complexity index is 1270. The molecule has 0 aliphatic heterocycles. The second-order valence-electron chi connectivity index (χ2n) is 8.07. The molecule has 7 nitrogen and oxygen atoms in total. The molecular weight excluding hydrogens is 435 g/mol. The van der Waals surface area contributed by atoms with Gasteiger partial charge in [0.1, 0.15) is 11.6 Å². The number of benzene rings is 3. The molecule has 1 N–H and O–H groups in total. The van der Waals surface area contributed by atoms with Gasteiger partial charge < -0.3 is 14.8 Å². The number of hydrogen-bond donors (Lipinski definition) is 1. The maximum atomic E-state index is 13.4. The molecule has 0 atom stereocenters. The number of halogens is 1. The van der Waals surface area contributed by atoms with Crippen molar-refractivity contribution >= 4 is 11.6 Å². The first-order valence-electron chi connectivity index (χ1n) is 10.8. The molecule has 4 rings (SSSR count). The minimum Gasteiger partial charge on any atom is -0.497 e. The molecule has 0 spiro atoms. The molecule has 1 amide bonds. The highest BCUT2D eigenvalue weighted by molar-refractivity contribution is 6.04. The van der Waals surface area contributed by atoms with Crippen LogP contribution in [0, 0.1) is 11.7 Å². The summed E-state index contributed by atoms with van der Waals surface area (Å²) in [5.41, 5.74) is 2.52. The average Bonchev–Trinajstić information content (AvgIpc) is 3.28. The third kappa shape index (κ3) is 5.40. The van der Waals surface area contributed by atoms with E-state index in [0.717, 1.165) is 0 Å². The quantitative estimate of drug-likeness (QED) is 0.383. The van der Waals surface area contributed by atoms with Gasteiger partial charge in [0.25, 0.3) is 5.91 Å². The number of amides is 1. The fourth-order valence-corrected chi connectivity index (χ4v) is 3.21. The molecule has 0 aliphatic rings. The van der Waals surface area contributed by atoms with Crippen LogP contribution in [0.3, 0.4) is 0 Å². The Morgan fingerprint density at radius 1 is 1.06 bits per heavy atom. The van der Waals surface area contributed by atoms with Crippen LogP contribution in [0.15, 0.2) is 72.8 Å². The number of carbonyl (C=O) groups excluding carboxylic acids is 1. The lowest BCUT2D eigenvalue weighted by Crippen LogP contribution is -2.12. The van der Waals surface area contributed by atoms with Gasteiger partial charge in [0, 0.05) is 16.8 Å². The summed E-state index contributed by atoms with van der Waals surface area (Å²) in [5, 5.41) is 7.37. The maximum Gasteiger partial charge on any atom is 0.336 e. The van der Waals surface area contributed by atoms with Gasteiger partial charge in [-0.3, -0.25) is 4.79 Å². The lowest BCUT2D eigenvalue weighted by molar-refractivity contribution is 0.102. The molecule has 8 heteroatoms. The molecule has 0 radical (unpaired) electrons. The van der Waals surface area contributed by atoms with E-state index in [4.69, 9.17) is 9.47 Å². The highest BCUT2D eigenvalue weighted by atomic mass is 19.1. The van der Waals surface area contributed by atoms with Crippen LogP contribution in [0.5, 0.6) is 11.8 Å². The van der Waals surface area contributed by atoms with Crippen molar-refractivity contribution in [2.24, 2.45) is 5.92 Å². The Kier molecular flexibility index (Phi) is 6.87. The predicted molar refractivity (Wildman–Crippen MR) is 128 cm³/mol. The van der Waals surface area contributed by atoms with Gasteiger partial charge in [-0.15, -0.1) is 5.10 Å². The number of hydrogen-bond acceptors (Lipinski definition) is 5. The van der Waals surface area contributed by atoms with Crippen molar-refractivity contribution < 1.29 is 18.7 Å². The van der Waals surface area contributed by atoms with Gasteiger partial charge >= 0.3 is 6.01 Å². The third-order valence-corrected chi connectivity index (χ3v) is 4.94. The average molecular weight is 461 g/mol. The molecule has 3 aromatic carbocycles. The van der Waals surface area contributed by atoms with Crippen molar-refractivity contribution in [1.29, 1.82) is 0 Å². The van der Waals surface area contributed by atoms with Crippen LogP contribution in [-0.4, -0.2) is 34.4 Å². The lowest BCUT2D eigenvalue weighted by atomic mass is 10.2.